The van der Waals surface area contributed by atoms with E-state index < -0.39 is 11.9 Å². The lowest BCUT2D eigenvalue weighted by Crippen LogP contribution is -2.10. The molecular formula is C40H18N8O4S5. The summed E-state index contributed by atoms with van der Waals surface area (Å²) in [6.45, 7) is -0.00767. The van der Waals surface area contributed by atoms with E-state index in [1.165, 1.54) is 56.7 Å². The van der Waals surface area contributed by atoms with E-state index in [9.17, 15) is 30.6 Å². The molecular weight excluding hydrogens is 817 g/mol. The molecule has 57 heavy (non-hydrogen) atoms. The minimum Gasteiger partial charge on any atom is -0.457 e. The highest BCUT2D eigenvalue weighted by molar-refractivity contribution is 7.35. The van der Waals surface area contributed by atoms with E-state index in [1.54, 1.807) is 48.5 Å². The fraction of sp³-hybridized carbons (Fsp3) is 0.0500. The molecule has 3 aromatic carbocycles. The number of carbonyl (C=O) groups is 2. The van der Waals surface area contributed by atoms with Crippen molar-refractivity contribution in [2.45, 2.75) is 13.2 Å². The van der Waals surface area contributed by atoms with Gasteiger partial charge in [-0.1, -0.05) is 60.7 Å². The number of aromatic nitrogens is 2. The molecule has 0 N–H and O–H groups in total. The predicted molar refractivity (Wildman–Crippen MR) is 223 cm³/mol. The number of esters is 2. The molecule has 5 aromatic heterocycles. The highest BCUT2D eigenvalue weighted by atomic mass is 32.1. The average Bonchev–Trinajstić information content (AvgIpc) is 4.09. The van der Waals surface area contributed by atoms with E-state index in [0.717, 1.165) is 16.0 Å². The summed E-state index contributed by atoms with van der Waals surface area (Å²) in [6, 6.07) is 32.5. The summed E-state index contributed by atoms with van der Waals surface area (Å²) in [5, 5.41) is 39.3. The van der Waals surface area contributed by atoms with E-state index >= 15 is 0 Å². The molecule has 0 aliphatic carbocycles. The normalized spacial score (nSPS) is 10.7. The zero-order valence-corrected chi connectivity index (χ0v) is 32.8. The molecule has 0 aliphatic rings. The first-order valence-electron chi connectivity index (χ1n) is 16.5. The van der Waals surface area contributed by atoms with Crippen molar-refractivity contribution >= 4 is 120 Å². The first-order chi connectivity index (χ1) is 27.9. The summed E-state index contributed by atoms with van der Waals surface area (Å²) in [5.41, 5.74) is 1.65. The van der Waals surface area contributed by atoms with Gasteiger partial charge >= 0.3 is 11.9 Å². The number of nitriles is 4. The van der Waals surface area contributed by atoms with Gasteiger partial charge in [0.2, 0.25) is 11.4 Å². The minimum absolute atomic E-state index is 0.00240. The fourth-order valence-electron chi connectivity index (χ4n) is 5.63. The molecule has 0 aliphatic heterocycles. The van der Waals surface area contributed by atoms with Crippen molar-refractivity contribution < 1.29 is 19.1 Å². The van der Waals surface area contributed by atoms with Gasteiger partial charge in [-0.25, -0.2) is 29.5 Å². The van der Waals surface area contributed by atoms with Gasteiger partial charge in [0.1, 0.15) is 67.9 Å². The molecule has 5 heterocycles. The number of fused-ring (bicyclic) bond motifs is 4. The van der Waals surface area contributed by atoms with E-state index in [4.69, 9.17) is 19.4 Å². The number of thiophene rings is 3. The van der Waals surface area contributed by atoms with Crippen LogP contribution in [0.3, 0.4) is 0 Å². The number of thiazole rings is 2. The standard InChI is InChI=1S/C40H18N8O4S5/c41-15-23(16-42)45-27-13-11-25(53-27)36-47-32-31(40(50)52-20-22-9-5-2-6-10-22)33-29(30(34(32)56-36)39(49)51-19-21-7-3-1-4-8-21)35-38(55-33)48-37(57-35)26-12-14-28(54-26)46-24(17-43)18-44/h1-14H,19-20H2. The quantitative estimate of drug-likeness (QED) is 0.0943. The van der Waals surface area contributed by atoms with Gasteiger partial charge in [-0.2, -0.15) is 21.0 Å². The molecule has 0 radical (unpaired) electrons. The number of hydrogen-bond acceptors (Lipinski definition) is 17. The Morgan fingerprint density at radius 1 is 0.561 bits per heavy atom. The molecule has 8 aromatic rings. The number of benzene rings is 3. The van der Waals surface area contributed by atoms with Crippen LogP contribution >= 0.6 is 56.7 Å². The van der Waals surface area contributed by atoms with Crippen molar-refractivity contribution in [3.05, 3.63) is 107 Å². The topological polar surface area (TPSA) is 198 Å². The average molecular weight is 835 g/mol. The van der Waals surface area contributed by atoms with Gasteiger partial charge < -0.3 is 9.47 Å². The first kappa shape index (κ1) is 37.0. The second kappa shape index (κ2) is 16.0. The predicted octanol–water partition coefficient (Wildman–Crippen LogP) is 10.5. The SMILES string of the molecule is N#CC(C#N)=Nc1ccc(-c2nc3c(C(=O)OCc4ccccc4)c4sc5nc(-c6ccc(N=C(C#N)C#N)s6)sc5c4c(C(=O)OCc4ccccc4)c3s2)s1. The Labute approximate surface area is 342 Å². The lowest BCUT2D eigenvalue weighted by atomic mass is 10.0. The molecule has 272 valence electrons. The largest absolute Gasteiger partial charge is 0.457 e. The van der Waals surface area contributed by atoms with Crippen molar-refractivity contribution in [2.24, 2.45) is 9.98 Å². The molecule has 8 rings (SSSR count). The molecule has 0 fully saturated rings. The Hall–Kier alpha value is -6.96. The Kier molecular flexibility index (Phi) is 10.4. The Morgan fingerprint density at radius 3 is 1.58 bits per heavy atom. The third kappa shape index (κ3) is 7.41. The number of hydrogen-bond donors (Lipinski definition) is 0. The Morgan fingerprint density at radius 2 is 1.05 bits per heavy atom. The van der Waals surface area contributed by atoms with Crippen molar-refractivity contribution in [1.82, 2.24) is 9.97 Å². The molecule has 0 atom stereocenters. The molecule has 0 spiro atoms. The zero-order valence-electron chi connectivity index (χ0n) is 28.7. The molecule has 0 bridgehead atoms. The van der Waals surface area contributed by atoms with Gasteiger partial charge in [0.25, 0.3) is 0 Å². The van der Waals surface area contributed by atoms with Crippen LogP contribution in [0.25, 0.3) is 49.6 Å². The molecule has 0 unspecified atom stereocenters. The van der Waals surface area contributed by atoms with Gasteiger partial charge in [-0.3, -0.25) is 0 Å². The summed E-state index contributed by atoms with van der Waals surface area (Å²) in [7, 11) is 0. The molecule has 0 saturated heterocycles. The van der Waals surface area contributed by atoms with Crippen molar-refractivity contribution in [3.63, 3.8) is 0 Å². The maximum Gasteiger partial charge on any atom is 0.342 e. The van der Waals surface area contributed by atoms with Crippen LogP contribution in [0, 0.1) is 45.3 Å². The maximum atomic E-state index is 14.4. The maximum absolute atomic E-state index is 14.4. The van der Waals surface area contributed by atoms with Gasteiger partial charge in [0, 0.05) is 5.39 Å². The van der Waals surface area contributed by atoms with Gasteiger partial charge in [0.15, 0.2) is 0 Å². The van der Waals surface area contributed by atoms with Crippen LogP contribution in [0.5, 0.6) is 0 Å². The second-order valence-corrected chi connectivity index (χ2v) is 16.8. The third-order valence-electron chi connectivity index (χ3n) is 8.12. The minimum atomic E-state index is -0.639. The second-order valence-electron chi connectivity index (χ2n) is 11.7. The van der Waals surface area contributed by atoms with Crippen LogP contribution in [0.4, 0.5) is 10.0 Å². The third-order valence-corrected chi connectivity index (χ3v) is 13.8. The van der Waals surface area contributed by atoms with E-state index in [2.05, 4.69) is 9.98 Å². The van der Waals surface area contributed by atoms with E-state index in [0.29, 0.717) is 49.2 Å². The Balaban J connectivity index is 1.34. The van der Waals surface area contributed by atoms with Gasteiger partial charge in [-0.05, 0) is 35.4 Å². The lowest BCUT2D eigenvalue weighted by Gasteiger charge is -2.11. The van der Waals surface area contributed by atoms with Crippen molar-refractivity contribution in [3.8, 4) is 44.0 Å². The lowest BCUT2D eigenvalue weighted by molar-refractivity contribution is 0.0465. The van der Waals surface area contributed by atoms with Crippen LogP contribution in [0.1, 0.15) is 31.8 Å². The number of nitrogens with zero attached hydrogens (tertiary/aromatic N) is 8. The highest BCUT2D eigenvalue weighted by Crippen LogP contribution is 2.50. The Bertz CT molecular complexity index is 3100. The molecule has 17 heteroatoms. The number of ether oxygens (including phenoxy) is 2. The zero-order chi connectivity index (χ0) is 39.5. The van der Waals surface area contributed by atoms with Crippen molar-refractivity contribution in [1.29, 1.82) is 21.0 Å². The number of aliphatic imine (C=N–C) groups is 2. The van der Waals surface area contributed by atoms with Crippen LogP contribution < -0.4 is 0 Å². The summed E-state index contributed by atoms with van der Waals surface area (Å²) >= 11 is 6.20. The smallest absolute Gasteiger partial charge is 0.342 e. The summed E-state index contributed by atoms with van der Waals surface area (Å²) in [4.78, 5) is 48.7. The first-order valence-corrected chi connectivity index (χ1v) is 20.6. The van der Waals surface area contributed by atoms with Crippen molar-refractivity contribution in [2.75, 3.05) is 0 Å². The van der Waals surface area contributed by atoms with Crippen LogP contribution in [-0.2, 0) is 22.7 Å². The number of rotatable bonds is 10. The van der Waals surface area contributed by atoms with Crippen LogP contribution in [0.2, 0.25) is 0 Å². The van der Waals surface area contributed by atoms with E-state index in [1.807, 2.05) is 60.7 Å². The molecule has 0 amide bonds. The monoisotopic (exact) mass is 834 g/mol. The molecule has 12 nitrogen and oxygen atoms in total. The van der Waals surface area contributed by atoms with Gasteiger partial charge in [-0.15, -0.1) is 56.7 Å². The van der Waals surface area contributed by atoms with Crippen LogP contribution in [0.15, 0.2) is 94.9 Å². The highest BCUT2D eigenvalue weighted by Gasteiger charge is 2.32. The van der Waals surface area contributed by atoms with Crippen LogP contribution in [-0.4, -0.2) is 33.3 Å². The molecule has 0 saturated carbocycles. The summed E-state index contributed by atoms with van der Waals surface area (Å²) in [5.74, 6) is -1.26. The number of carbonyl (C=O) groups excluding carboxylic acids is 2. The summed E-state index contributed by atoms with van der Waals surface area (Å²) in [6.07, 6.45) is 0. The fourth-order valence-corrected chi connectivity index (χ4v) is 11.1. The van der Waals surface area contributed by atoms with Gasteiger partial charge in [0.05, 0.1) is 34.9 Å². The van der Waals surface area contributed by atoms with E-state index in [-0.39, 0.29) is 41.3 Å². The summed E-state index contributed by atoms with van der Waals surface area (Å²) < 4.78 is 13.4.